The second-order valence-electron chi connectivity index (χ2n) is 5.02. The smallest absolute Gasteiger partial charge is 0.251 e. The number of rotatable bonds is 5. The Morgan fingerprint density at radius 2 is 1.74 bits per heavy atom. The van der Waals surface area contributed by atoms with Crippen LogP contribution in [0.3, 0.4) is 0 Å². The largest absolute Gasteiger partial charge is 0.365 e. The number of nitrogens with one attached hydrogen (secondary N) is 2. The molecule has 0 aliphatic carbocycles. The van der Waals surface area contributed by atoms with Gasteiger partial charge in [-0.3, -0.25) is 4.79 Å². The summed E-state index contributed by atoms with van der Waals surface area (Å²) in [4.78, 5) is 16.5. The maximum atomic E-state index is 12.2. The first-order valence-electron chi connectivity index (χ1n) is 7.32. The maximum Gasteiger partial charge on any atom is 0.251 e. The Balaban J connectivity index is 1.63. The molecule has 0 aliphatic rings. The Morgan fingerprint density at radius 3 is 2.39 bits per heavy atom. The zero-order chi connectivity index (χ0) is 16.1. The van der Waals surface area contributed by atoms with Crippen molar-refractivity contribution in [2.75, 3.05) is 12.4 Å². The second kappa shape index (κ2) is 7.07. The van der Waals surface area contributed by atoms with Crippen LogP contribution in [0.4, 0.5) is 5.13 Å². The maximum absolute atomic E-state index is 12.2. The summed E-state index contributed by atoms with van der Waals surface area (Å²) in [6.45, 7) is 0.428. The van der Waals surface area contributed by atoms with Crippen LogP contribution < -0.4 is 10.6 Å². The van der Waals surface area contributed by atoms with Gasteiger partial charge >= 0.3 is 0 Å². The summed E-state index contributed by atoms with van der Waals surface area (Å²) in [6.07, 6.45) is 0. The van der Waals surface area contributed by atoms with Gasteiger partial charge in [0.1, 0.15) is 0 Å². The van der Waals surface area contributed by atoms with Crippen molar-refractivity contribution in [3.63, 3.8) is 0 Å². The van der Waals surface area contributed by atoms with E-state index in [4.69, 9.17) is 0 Å². The predicted molar refractivity (Wildman–Crippen MR) is 94.7 cm³/mol. The highest BCUT2D eigenvalue weighted by Crippen LogP contribution is 2.19. The predicted octanol–water partition coefficient (Wildman–Crippen LogP) is 3.78. The molecule has 0 unspecified atom stereocenters. The number of hydrogen-bond acceptors (Lipinski definition) is 4. The van der Waals surface area contributed by atoms with E-state index in [-0.39, 0.29) is 5.91 Å². The molecule has 0 fully saturated rings. The Labute approximate surface area is 139 Å². The minimum absolute atomic E-state index is 0.0939. The molecule has 4 nitrogen and oxygen atoms in total. The lowest BCUT2D eigenvalue weighted by Crippen LogP contribution is -2.22. The third-order valence-corrected chi connectivity index (χ3v) is 4.36. The summed E-state index contributed by atoms with van der Waals surface area (Å²) >= 11 is 1.52. The lowest BCUT2D eigenvalue weighted by Gasteiger charge is -2.05. The fourth-order valence-corrected chi connectivity index (χ4v) is 2.89. The number of nitrogens with zero attached hydrogens (tertiary/aromatic N) is 1. The number of thiazole rings is 1. The lowest BCUT2D eigenvalue weighted by atomic mass is 10.0. The molecule has 0 radical (unpaired) electrons. The third-order valence-electron chi connectivity index (χ3n) is 3.45. The first-order valence-corrected chi connectivity index (χ1v) is 8.20. The number of benzene rings is 2. The van der Waals surface area contributed by atoms with Crippen LogP contribution in [0, 0.1) is 0 Å². The monoisotopic (exact) mass is 323 g/mol. The Morgan fingerprint density at radius 1 is 1.04 bits per heavy atom. The van der Waals surface area contributed by atoms with Crippen molar-refractivity contribution in [1.29, 1.82) is 0 Å². The molecule has 0 spiro atoms. The molecule has 2 N–H and O–H groups in total. The van der Waals surface area contributed by atoms with Crippen LogP contribution in [0.15, 0.2) is 60.0 Å². The Hall–Kier alpha value is -2.66. The van der Waals surface area contributed by atoms with Gasteiger partial charge in [0.05, 0.1) is 12.2 Å². The molecule has 0 saturated heterocycles. The van der Waals surface area contributed by atoms with Crippen molar-refractivity contribution in [2.24, 2.45) is 0 Å². The van der Waals surface area contributed by atoms with Gasteiger partial charge in [0.2, 0.25) is 0 Å². The number of aromatic nitrogens is 1. The van der Waals surface area contributed by atoms with Crippen LogP contribution in [0.5, 0.6) is 0 Å². The summed E-state index contributed by atoms with van der Waals surface area (Å²) < 4.78 is 0. The SMILES string of the molecule is CNc1nc(CNC(=O)c2ccc(-c3ccccc3)cc2)cs1. The molecule has 2 aromatic carbocycles. The molecule has 0 saturated carbocycles. The zero-order valence-corrected chi connectivity index (χ0v) is 13.6. The number of carbonyl (C=O) groups excluding carboxylic acids is 1. The molecular weight excluding hydrogens is 306 g/mol. The average molecular weight is 323 g/mol. The van der Waals surface area contributed by atoms with E-state index >= 15 is 0 Å². The molecule has 5 heteroatoms. The van der Waals surface area contributed by atoms with Gasteiger partial charge in [-0.2, -0.15) is 0 Å². The van der Waals surface area contributed by atoms with Crippen molar-refractivity contribution in [2.45, 2.75) is 6.54 Å². The van der Waals surface area contributed by atoms with E-state index in [1.807, 2.05) is 54.9 Å². The van der Waals surface area contributed by atoms with E-state index in [1.165, 1.54) is 11.3 Å². The van der Waals surface area contributed by atoms with Crippen LogP contribution in [0.25, 0.3) is 11.1 Å². The molecule has 3 aromatic rings. The molecule has 0 atom stereocenters. The number of hydrogen-bond donors (Lipinski definition) is 2. The normalized spacial score (nSPS) is 10.3. The first kappa shape index (κ1) is 15.2. The summed E-state index contributed by atoms with van der Waals surface area (Å²) in [7, 11) is 1.83. The van der Waals surface area contributed by atoms with E-state index in [9.17, 15) is 4.79 Å². The highest BCUT2D eigenvalue weighted by atomic mass is 32.1. The highest BCUT2D eigenvalue weighted by molar-refractivity contribution is 7.13. The van der Waals surface area contributed by atoms with Crippen molar-refractivity contribution in [1.82, 2.24) is 10.3 Å². The quantitative estimate of drug-likeness (QED) is 0.751. The van der Waals surface area contributed by atoms with Crippen LogP contribution >= 0.6 is 11.3 Å². The third kappa shape index (κ3) is 3.76. The van der Waals surface area contributed by atoms with Gasteiger partial charge in [-0.05, 0) is 23.3 Å². The van der Waals surface area contributed by atoms with E-state index in [0.29, 0.717) is 12.1 Å². The number of anilines is 1. The van der Waals surface area contributed by atoms with Crippen molar-refractivity contribution in [3.8, 4) is 11.1 Å². The summed E-state index contributed by atoms with van der Waals surface area (Å²) in [5, 5.41) is 8.66. The van der Waals surface area contributed by atoms with Gasteiger partial charge in [0.25, 0.3) is 5.91 Å². The Bertz CT molecular complexity index is 782. The number of amides is 1. The summed E-state index contributed by atoms with van der Waals surface area (Å²) in [5.41, 5.74) is 3.74. The van der Waals surface area contributed by atoms with Crippen LogP contribution in [-0.2, 0) is 6.54 Å². The minimum atomic E-state index is -0.0939. The second-order valence-corrected chi connectivity index (χ2v) is 5.88. The van der Waals surface area contributed by atoms with Gasteiger partial charge in [0.15, 0.2) is 5.13 Å². The molecule has 0 bridgehead atoms. The van der Waals surface area contributed by atoms with Gasteiger partial charge in [0, 0.05) is 18.0 Å². The molecule has 1 aromatic heterocycles. The fraction of sp³-hybridized carbons (Fsp3) is 0.111. The van der Waals surface area contributed by atoms with E-state index < -0.39 is 0 Å². The van der Waals surface area contributed by atoms with E-state index in [2.05, 4.69) is 27.8 Å². The average Bonchev–Trinajstić information content (AvgIpc) is 3.09. The fourth-order valence-electron chi connectivity index (χ4n) is 2.22. The lowest BCUT2D eigenvalue weighted by molar-refractivity contribution is 0.0950. The molecule has 3 rings (SSSR count). The zero-order valence-electron chi connectivity index (χ0n) is 12.7. The standard InChI is InChI=1S/C18H17N3OS/c1-19-18-21-16(12-23-18)11-20-17(22)15-9-7-14(8-10-15)13-5-3-2-4-6-13/h2-10,12H,11H2,1H3,(H,19,21)(H,20,22). The van der Waals surface area contributed by atoms with Crippen LogP contribution in [0.2, 0.25) is 0 Å². The van der Waals surface area contributed by atoms with Crippen molar-refractivity contribution >= 4 is 22.4 Å². The van der Waals surface area contributed by atoms with Gasteiger partial charge < -0.3 is 10.6 Å². The van der Waals surface area contributed by atoms with Crippen LogP contribution in [-0.4, -0.2) is 17.9 Å². The van der Waals surface area contributed by atoms with E-state index in [0.717, 1.165) is 22.0 Å². The van der Waals surface area contributed by atoms with Crippen molar-refractivity contribution in [3.05, 3.63) is 71.2 Å². The van der Waals surface area contributed by atoms with Gasteiger partial charge in [-0.1, -0.05) is 42.5 Å². The van der Waals surface area contributed by atoms with Gasteiger partial charge in [-0.15, -0.1) is 11.3 Å². The molecule has 1 heterocycles. The molecule has 116 valence electrons. The topological polar surface area (TPSA) is 54.0 Å². The minimum Gasteiger partial charge on any atom is -0.365 e. The summed E-state index contributed by atoms with van der Waals surface area (Å²) in [5.74, 6) is -0.0939. The van der Waals surface area contributed by atoms with Crippen molar-refractivity contribution < 1.29 is 4.79 Å². The highest BCUT2D eigenvalue weighted by Gasteiger charge is 2.07. The van der Waals surface area contributed by atoms with E-state index in [1.54, 1.807) is 0 Å². The summed E-state index contributed by atoms with van der Waals surface area (Å²) in [6, 6.07) is 17.7. The molecule has 0 aliphatic heterocycles. The molecule has 23 heavy (non-hydrogen) atoms. The number of carbonyl (C=O) groups is 1. The first-order chi connectivity index (χ1) is 11.3. The molecule has 1 amide bonds. The van der Waals surface area contributed by atoms with Gasteiger partial charge in [-0.25, -0.2) is 4.98 Å². The van der Waals surface area contributed by atoms with Crippen LogP contribution in [0.1, 0.15) is 16.1 Å². The Kier molecular flexibility index (Phi) is 4.68. The molecular formula is C18H17N3OS.